The minimum atomic E-state index is 0.228. The second-order valence-electron chi connectivity index (χ2n) is 8.48. The van der Waals surface area contributed by atoms with Gasteiger partial charge < -0.3 is 11.1 Å². The third-order valence-electron chi connectivity index (χ3n) is 5.85. The van der Waals surface area contributed by atoms with Gasteiger partial charge in [0.15, 0.2) is 0 Å². The molecule has 1 heterocycles. The zero-order valence-corrected chi connectivity index (χ0v) is 12.6. The molecule has 1 aromatic rings. The molecule has 0 spiro atoms. The Morgan fingerprint density at radius 1 is 1.15 bits per heavy atom. The Balaban J connectivity index is 1.69. The lowest BCUT2D eigenvalue weighted by Gasteiger charge is -2.65. The van der Waals surface area contributed by atoms with Gasteiger partial charge in [0, 0.05) is 11.7 Å². The quantitative estimate of drug-likeness (QED) is 0.859. The minimum Gasteiger partial charge on any atom is -0.396 e. The van der Waals surface area contributed by atoms with Gasteiger partial charge in [-0.1, -0.05) is 13.8 Å². The molecule has 3 N–H and O–H groups in total. The second kappa shape index (κ2) is 3.69. The van der Waals surface area contributed by atoms with Gasteiger partial charge in [-0.15, -0.1) is 0 Å². The predicted molar refractivity (Wildman–Crippen MR) is 82.4 cm³/mol. The lowest BCUT2D eigenvalue weighted by atomic mass is 9.43. The third kappa shape index (κ3) is 1.82. The lowest BCUT2D eigenvalue weighted by Crippen LogP contribution is -2.61. The van der Waals surface area contributed by atoms with Crippen molar-refractivity contribution in [2.45, 2.75) is 57.9 Å². The number of nitrogen functional groups attached to an aromatic ring is 1. The maximum atomic E-state index is 6.09. The van der Waals surface area contributed by atoms with E-state index in [-0.39, 0.29) is 5.54 Å². The first kappa shape index (κ1) is 12.5. The van der Waals surface area contributed by atoms with E-state index >= 15 is 0 Å². The molecule has 0 radical (unpaired) electrons. The van der Waals surface area contributed by atoms with Crippen molar-refractivity contribution in [2.75, 3.05) is 11.1 Å². The van der Waals surface area contributed by atoms with Gasteiger partial charge in [0.05, 0.1) is 5.69 Å². The van der Waals surface area contributed by atoms with Crippen LogP contribution >= 0.6 is 0 Å². The van der Waals surface area contributed by atoms with Crippen molar-refractivity contribution >= 4 is 11.5 Å². The Kier molecular flexibility index (Phi) is 2.30. The monoisotopic (exact) mass is 271 g/mol. The summed E-state index contributed by atoms with van der Waals surface area (Å²) in [5.74, 6) is 1.78. The molecule has 5 rings (SSSR count). The van der Waals surface area contributed by atoms with Crippen LogP contribution in [0.15, 0.2) is 18.3 Å². The SMILES string of the molecule is CC12CC3CC(C)(C1)CC(Nc1ncccc1N)(C3)C2. The van der Waals surface area contributed by atoms with Gasteiger partial charge in [-0.25, -0.2) is 4.98 Å². The Morgan fingerprint density at radius 2 is 1.85 bits per heavy atom. The molecule has 4 fully saturated rings. The average Bonchev–Trinajstić information content (AvgIpc) is 2.27. The fourth-order valence-electron chi connectivity index (χ4n) is 6.36. The van der Waals surface area contributed by atoms with E-state index in [1.165, 1.54) is 38.5 Å². The zero-order valence-electron chi connectivity index (χ0n) is 12.6. The second-order valence-corrected chi connectivity index (χ2v) is 8.48. The van der Waals surface area contributed by atoms with Crippen molar-refractivity contribution in [1.82, 2.24) is 4.98 Å². The van der Waals surface area contributed by atoms with Crippen molar-refractivity contribution in [3.8, 4) is 0 Å². The average molecular weight is 271 g/mol. The zero-order chi connectivity index (χ0) is 14.0. The van der Waals surface area contributed by atoms with Crippen LogP contribution in [0.5, 0.6) is 0 Å². The normalized spacial score (nSPS) is 45.6. The highest BCUT2D eigenvalue weighted by atomic mass is 15.1. The Hall–Kier alpha value is -1.25. The van der Waals surface area contributed by atoms with Gasteiger partial charge in [0.25, 0.3) is 0 Å². The molecule has 2 atom stereocenters. The van der Waals surface area contributed by atoms with Crippen molar-refractivity contribution in [3.63, 3.8) is 0 Å². The van der Waals surface area contributed by atoms with Gasteiger partial charge in [-0.05, 0) is 67.4 Å². The topological polar surface area (TPSA) is 50.9 Å². The number of anilines is 2. The molecule has 4 aliphatic rings. The number of nitrogens with one attached hydrogen (secondary N) is 1. The molecule has 20 heavy (non-hydrogen) atoms. The number of aromatic nitrogens is 1. The largest absolute Gasteiger partial charge is 0.396 e. The van der Waals surface area contributed by atoms with Crippen LogP contribution in [0.3, 0.4) is 0 Å². The van der Waals surface area contributed by atoms with Crippen LogP contribution in [0.4, 0.5) is 11.5 Å². The number of nitrogens with two attached hydrogens (primary N) is 1. The molecule has 4 bridgehead atoms. The molecule has 3 heteroatoms. The maximum absolute atomic E-state index is 6.09. The number of hydrogen-bond acceptors (Lipinski definition) is 3. The standard InChI is InChI=1S/C17H25N3/c1-15-6-12-7-16(2,9-15)11-17(8-12,10-15)20-14-13(18)4-3-5-19-14/h3-5,12H,6-11,18H2,1-2H3,(H,19,20). The van der Waals surface area contributed by atoms with Gasteiger partial charge >= 0.3 is 0 Å². The maximum Gasteiger partial charge on any atom is 0.149 e. The predicted octanol–water partition coefficient (Wildman–Crippen LogP) is 3.82. The van der Waals surface area contributed by atoms with Gasteiger partial charge in [-0.2, -0.15) is 0 Å². The number of pyridine rings is 1. The highest BCUT2D eigenvalue weighted by molar-refractivity contribution is 5.61. The Bertz CT molecular complexity index is 535. The first-order valence-corrected chi connectivity index (χ1v) is 7.88. The summed E-state index contributed by atoms with van der Waals surface area (Å²) in [6.07, 6.45) is 9.94. The number of nitrogens with zero attached hydrogens (tertiary/aromatic N) is 1. The Labute approximate surface area is 121 Å². The molecule has 0 saturated heterocycles. The van der Waals surface area contributed by atoms with E-state index in [4.69, 9.17) is 5.73 Å². The molecule has 108 valence electrons. The van der Waals surface area contributed by atoms with Crippen molar-refractivity contribution in [3.05, 3.63) is 18.3 Å². The van der Waals surface area contributed by atoms with Gasteiger partial charge in [0.1, 0.15) is 5.82 Å². The molecule has 1 aromatic heterocycles. The molecule has 2 unspecified atom stereocenters. The minimum absolute atomic E-state index is 0.228. The molecule has 3 nitrogen and oxygen atoms in total. The summed E-state index contributed by atoms with van der Waals surface area (Å²) in [4.78, 5) is 4.46. The van der Waals surface area contributed by atoms with Crippen LogP contribution in [-0.4, -0.2) is 10.5 Å². The van der Waals surface area contributed by atoms with Crippen LogP contribution in [0.1, 0.15) is 52.4 Å². The molecular weight excluding hydrogens is 246 g/mol. The van der Waals surface area contributed by atoms with E-state index in [0.29, 0.717) is 10.8 Å². The third-order valence-corrected chi connectivity index (χ3v) is 5.85. The van der Waals surface area contributed by atoms with Crippen LogP contribution in [0.2, 0.25) is 0 Å². The van der Waals surface area contributed by atoms with E-state index in [1.54, 1.807) is 0 Å². The molecule has 0 aliphatic heterocycles. The summed E-state index contributed by atoms with van der Waals surface area (Å²) in [5.41, 5.74) is 8.13. The fraction of sp³-hybridized carbons (Fsp3) is 0.706. The smallest absolute Gasteiger partial charge is 0.149 e. The van der Waals surface area contributed by atoms with Crippen LogP contribution in [0.25, 0.3) is 0 Å². The molecular formula is C17H25N3. The summed E-state index contributed by atoms with van der Waals surface area (Å²) in [7, 11) is 0. The lowest BCUT2D eigenvalue weighted by molar-refractivity contribution is -0.0973. The summed E-state index contributed by atoms with van der Waals surface area (Å²) in [6.45, 7) is 4.99. The number of rotatable bonds is 2. The van der Waals surface area contributed by atoms with E-state index in [0.717, 1.165) is 17.4 Å². The molecule has 0 amide bonds. The van der Waals surface area contributed by atoms with Crippen molar-refractivity contribution in [1.29, 1.82) is 0 Å². The first-order chi connectivity index (χ1) is 9.40. The first-order valence-electron chi connectivity index (χ1n) is 7.88. The molecule has 4 saturated carbocycles. The number of hydrogen-bond donors (Lipinski definition) is 2. The van der Waals surface area contributed by atoms with Crippen LogP contribution in [-0.2, 0) is 0 Å². The summed E-state index contributed by atoms with van der Waals surface area (Å²) >= 11 is 0. The fourth-order valence-corrected chi connectivity index (χ4v) is 6.36. The molecule has 4 aliphatic carbocycles. The van der Waals surface area contributed by atoms with E-state index in [2.05, 4.69) is 24.1 Å². The van der Waals surface area contributed by atoms with E-state index in [9.17, 15) is 0 Å². The Morgan fingerprint density at radius 3 is 2.45 bits per heavy atom. The van der Waals surface area contributed by atoms with E-state index in [1.807, 2.05) is 18.3 Å². The van der Waals surface area contributed by atoms with Crippen LogP contribution < -0.4 is 11.1 Å². The highest BCUT2D eigenvalue weighted by Gasteiger charge is 2.60. The summed E-state index contributed by atoms with van der Waals surface area (Å²) in [6, 6.07) is 3.85. The highest BCUT2D eigenvalue weighted by Crippen LogP contribution is 2.66. The van der Waals surface area contributed by atoms with E-state index < -0.39 is 0 Å². The van der Waals surface area contributed by atoms with Crippen molar-refractivity contribution < 1.29 is 0 Å². The van der Waals surface area contributed by atoms with Crippen molar-refractivity contribution in [2.24, 2.45) is 16.7 Å². The van der Waals surface area contributed by atoms with Crippen LogP contribution in [0, 0.1) is 16.7 Å². The van der Waals surface area contributed by atoms with Gasteiger partial charge in [-0.3, -0.25) is 0 Å². The summed E-state index contributed by atoms with van der Waals surface area (Å²) < 4.78 is 0. The summed E-state index contributed by atoms with van der Waals surface area (Å²) in [5, 5.41) is 3.77. The van der Waals surface area contributed by atoms with Gasteiger partial charge in [0.2, 0.25) is 0 Å². The molecule has 0 aromatic carbocycles.